The lowest BCUT2D eigenvalue weighted by atomic mass is 9.80. The third-order valence-corrected chi connectivity index (χ3v) is 5.80. The van der Waals surface area contributed by atoms with Gasteiger partial charge in [0.05, 0.1) is 0 Å². The van der Waals surface area contributed by atoms with Gasteiger partial charge in [0, 0.05) is 11.5 Å². The fourth-order valence-corrected chi connectivity index (χ4v) is 3.85. The minimum absolute atomic E-state index is 0.467. The van der Waals surface area contributed by atoms with Crippen LogP contribution < -0.4 is 0 Å². The summed E-state index contributed by atoms with van der Waals surface area (Å²) < 4.78 is 27.3. The van der Waals surface area contributed by atoms with Gasteiger partial charge >= 0.3 is 0 Å². The first kappa shape index (κ1) is 19.9. The van der Waals surface area contributed by atoms with E-state index in [0.29, 0.717) is 11.5 Å². The Hall–Kier alpha value is -1.85. The molecule has 2 aromatic rings. The maximum Gasteiger partial charge on any atom is 0.145 e. The van der Waals surface area contributed by atoms with Crippen LogP contribution in [0.5, 0.6) is 0 Å². The smallest absolute Gasteiger partial charge is 0.145 e. The summed E-state index contributed by atoms with van der Waals surface area (Å²) in [7, 11) is 0. The van der Waals surface area contributed by atoms with E-state index >= 15 is 0 Å². The van der Waals surface area contributed by atoms with Gasteiger partial charge in [-0.25, -0.2) is 8.78 Å². The molecule has 0 bridgehead atoms. The van der Waals surface area contributed by atoms with Crippen LogP contribution in [-0.2, 0) is 0 Å². The van der Waals surface area contributed by atoms with Crippen molar-refractivity contribution in [2.24, 2.45) is 11.8 Å². The van der Waals surface area contributed by atoms with E-state index in [2.05, 4.69) is 18.8 Å². The standard InChI is InChI=1S/C24H25ClF2/c1-2-3-4-17-5-7-18(8-6-17)9-10-19-11-13-20(14-12-19)21-15-22(26)24(25)23(27)16-21/h11-18H,2-8H2,1H3. The van der Waals surface area contributed by atoms with Crippen LogP contribution in [0.15, 0.2) is 36.4 Å². The van der Waals surface area contributed by atoms with Crippen molar-refractivity contribution in [3.8, 4) is 23.0 Å². The summed E-state index contributed by atoms with van der Waals surface area (Å²) in [5.41, 5.74) is 2.15. The number of unbranched alkanes of at least 4 members (excludes halogenated alkanes) is 1. The molecular weight excluding hydrogens is 362 g/mol. The normalized spacial score (nSPS) is 19.4. The summed E-state index contributed by atoms with van der Waals surface area (Å²) in [5.74, 6) is 6.56. The molecule has 0 radical (unpaired) electrons. The molecular formula is C24H25ClF2. The predicted molar refractivity (Wildman–Crippen MR) is 109 cm³/mol. The molecule has 0 nitrogen and oxygen atoms in total. The number of halogens is 3. The molecule has 0 aliphatic heterocycles. The molecule has 0 saturated heterocycles. The van der Waals surface area contributed by atoms with Crippen molar-refractivity contribution in [3.63, 3.8) is 0 Å². The van der Waals surface area contributed by atoms with Crippen molar-refractivity contribution in [2.75, 3.05) is 0 Å². The van der Waals surface area contributed by atoms with Gasteiger partial charge < -0.3 is 0 Å². The van der Waals surface area contributed by atoms with Crippen molar-refractivity contribution >= 4 is 11.6 Å². The molecule has 1 saturated carbocycles. The maximum atomic E-state index is 13.6. The molecule has 2 aromatic carbocycles. The zero-order valence-electron chi connectivity index (χ0n) is 15.7. The molecule has 0 aromatic heterocycles. The highest BCUT2D eigenvalue weighted by Crippen LogP contribution is 2.31. The fourth-order valence-electron chi connectivity index (χ4n) is 3.74. The van der Waals surface area contributed by atoms with Crippen LogP contribution in [0, 0.1) is 35.3 Å². The molecule has 3 rings (SSSR count). The van der Waals surface area contributed by atoms with Gasteiger partial charge in [-0.15, -0.1) is 0 Å². The molecule has 1 fully saturated rings. The van der Waals surface area contributed by atoms with Crippen LogP contribution in [0.3, 0.4) is 0 Å². The molecule has 1 aliphatic carbocycles. The summed E-state index contributed by atoms with van der Waals surface area (Å²) in [6.45, 7) is 2.25. The summed E-state index contributed by atoms with van der Waals surface area (Å²) in [4.78, 5) is 0. The van der Waals surface area contributed by atoms with Gasteiger partial charge in [0.1, 0.15) is 16.7 Å². The SMILES string of the molecule is CCCCC1CCC(C#Cc2ccc(-c3cc(F)c(Cl)c(F)c3)cc2)CC1. The van der Waals surface area contributed by atoms with Crippen LogP contribution in [0.1, 0.15) is 57.4 Å². The largest absolute Gasteiger partial charge is 0.205 e. The van der Waals surface area contributed by atoms with Crippen molar-refractivity contribution in [2.45, 2.75) is 51.9 Å². The Balaban J connectivity index is 1.62. The molecule has 27 heavy (non-hydrogen) atoms. The van der Waals surface area contributed by atoms with Crippen molar-refractivity contribution in [3.05, 3.63) is 58.6 Å². The van der Waals surface area contributed by atoms with Crippen LogP contribution >= 0.6 is 11.6 Å². The van der Waals surface area contributed by atoms with Gasteiger partial charge in [-0.05, 0) is 67.0 Å². The molecule has 0 spiro atoms. The van der Waals surface area contributed by atoms with Gasteiger partial charge in [0.2, 0.25) is 0 Å². The fraction of sp³-hybridized carbons (Fsp3) is 0.417. The van der Waals surface area contributed by atoms with Gasteiger partial charge in [-0.3, -0.25) is 0 Å². The molecule has 3 heteroatoms. The van der Waals surface area contributed by atoms with Gasteiger partial charge in [0.25, 0.3) is 0 Å². The average molecular weight is 387 g/mol. The van der Waals surface area contributed by atoms with E-state index in [-0.39, 0.29) is 0 Å². The molecule has 142 valence electrons. The quantitative estimate of drug-likeness (QED) is 0.374. The first-order valence-electron chi connectivity index (χ1n) is 9.83. The second kappa shape index (κ2) is 9.38. The van der Waals surface area contributed by atoms with E-state index in [4.69, 9.17) is 11.6 Å². The Morgan fingerprint density at radius 2 is 1.59 bits per heavy atom. The van der Waals surface area contributed by atoms with Crippen LogP contribution in [-0.4, -0.2) is 0 Å². The first-order valence-corrected chi connectivity index (χ1v) is 10.2. The number of hydrogen-bond acceptors (Lipinski definition) is 0. The lowest BCUT2D eigenvalue weighted by Crippen LogP contribution is -2.13. The monoisotopic (exact) mass is 386 g/mol. The summed E-state index contributed by atoms with van der Waals surface area (Å²) in [6, 6.07) is 9.99. The minimum Gasteiger partial charge on any atom is -0.205 e. The average Bonchev–Trinajstić information content (AvgIpc) is 2.69. The van der Waals surface area contributed by atoms with E-state index in [1.807, 2.05) is 24.3 Å². The second-order valence-corrected chi connectivity index (χ2v) is 7.84. The number of hydrogen-bond donors (Lipinski definition) is 0. The zero-order valence-corrected chi connectivity index (χ0v) is 16.5. The van der Waals surface area contributed by atoms with E-state index in [0.717, 1.165) is 17.0 Å². The number of benzene rings is 2. The second-order valence-electron chi connectivity index (χ2n) is 7.46. The molecule has 0 amide bonds. The van der Waals surface area contributed by atoms with E-state index in [1.165, 1.54) is 57.1 Å². The third-order valence-electron chi connectivity index (χ3n) is 5.44. The van der Waals surface area contributed by atoms with Crippen molar-refractivity contribution < 1.29 is 8.78 Å². The van der Waals surface area contributed by atoms with Gasteiger partial charge in [-0.2, -0.15) is 0 Å². The van der Waals surface area contributed by atoms with Gasteiger partial charge in [0.15, 0.2) is 0 Å². The van der Waals surface area contributed by atoms with Crippen LogP contribution in [0.4, 0.5) is 8.78 Å². The van der Waals surface area contributed by atoms with Crippen molar-refractivity contribution in [1.29, 1.82) is 0 Å². The Labute approximate surface area is 165 Å². The van der Waals surface area contributed by atoms with Crippen LogP contribution in [0.25, 0.3) is 11.1 Å². The Morgan fingerprint density at radius 1 is 0.963 bits per heavy atom. The third kappa shape index (κ3) is 5.33. The molecule has 0 heterocycles. The number of rotatable bonds is 4. The molecule has 0 atom stereocenters. The zero-order chi connectivity index (χ0) is 19.2. The lowest BCUT2D eigenvalue weighted by Gasteiger charge is -2.25. The first-order chi connectivity index (χ1) is 13.1. The summed E-state index contributed by atoms with van der Waals surface area (Å²) >= 11 is 5.54. The van der Waals surface area contributed by atoms with E-state index in [9.17, 15) is 8.78 Å². The highest BCUT2D eigenvalue weighted by Gasteiger charge is 2.19. The van der Waals surface area contributed by atoms with Crippen molar-refractivity contribution in [1.82, 2.24) is 0 Å². The molecule has 0 N–H and O–H groups in total. The maximum absolute atomic E-state index is 13.6. The Morgan fingerprint density at radius 3 is 2.19 bits per heavy atom. The minimum atomic E-state index is -0.745. The molecule has 0 unspecified atom stereocenters. The highest BCUT2D eigenvalue weighted by molar-refractivity contribution is 6.31. The summed E-state index contributed by atoms with van der Waals surface area (Å²) in [5, 5.41) is -0.467. The van der Waals surface area contributed by atoms with E-state index < -0.39 is 16.7 Å². The lowest BCUT2D eigenvalue weighted by molar-refractivity contribution is 0.296. The highest BCUT2D eigenvalue weighted by atomic mass is 35.5. The van der Waals surface area contributed by atoms with E-state index in [1.54, 1.807) is 0 Å². The Kier molecular flexibility index (Phi) is 6.91. The molecule has 1 aliphatic rings. The topological polar surface area (TPSA) is 0 Å². The predicted octanol–water partition coefficient (Wildman–Crippen LogP) is 7.63. The van der Waals surface area contributed by atoms with Crippen LogP contribution in [0.2, 0.25) is 5.02 Å². The van der Waals surface area contributed by atoms with Gasteiger partial charge in [-0.1, -0.05) is 61.8 Å². The Bertz CT molecular complexity index is 799. The summed E-state index contributed by atoms with van der Waals surface area (Å²) in [6.07, 6.45) is 8.98.